The second-order valence-electron chi connectivity index (χ2n) is 4.44. The molecule has 0 fully saturated rings. The third-order valence-electron chi connectivity index (χ3n) is 2.78. The van der Waals surface area contributed by atoms with Crippen LogP contribution in [-0.2, 0) is 6.18 Å². The first-order valence-corrected chi connectivity index (χ1v) is 7.87. The van der Waals surface area contributed by atoms with E-state index in [0.717, 1.165) is 11.0 Å². The monoisotopic (exact) mass is 344 g/mol. The first-order valence-electron chi connectivity index (χ1n) is 6.65. The van der Waals surface area contributed by atoms with Crippen LogP contribution < -0.4 is 10.6 Å². The number of halogens is 3. The van der Waals surface area contributed by atoms with Gasteiger partial charge in [0.2, 0.25) is 5.95 Å². The first kappa shape index (κ1) is 17.4. The molecule has 0 aliphatic heterocycles. The highest BCUT2D eigenvalue weighted by molar-refractivity contribution is 7.98. The molecule has 3 N–H and O–H groups in total. The summed E-state index contributed by atoms with van der Waals surface area (Å²) in [6.07, 6.45) is -2.72. The summed E-state index contributed by atoms with van der Waals surface area (Å²) < 4.78 is 38.9. The minimum absolute atomic E-state index is 0.0225. The van der Waals surface area contributed by atoms with Crippen molar-refractivity contribution in [3.63, 3.8) is 0 Å². The van der Waals surface area contributed by atoms with Crippen molar-refractivity contribution < 1.29 is 18.3 Å². The van der Waals surface area contributed by atoms with Crippen LogP contribution in [0.4, 0.5) is 30.6 Å². The molecule has 0 saturated carbocycles. The highest BCUT2D eigenvalue weighted by Gasteiger charge is 2.33. The third kappa shape index (κ3) is 4.73. The van der Waals surface area contributed by atoms with Crippen LogP contribution in [0.3, 0.4) is 0 Å². The Morgan fingerprint density at radius 3 is 2.61 bits per heavy atom. The van der Waals surface area contributed by atoms with Gasteiger partial charge in [-0.1, -0.05) is 12.1 Å². The number of nitrogens with one attached hydrogen (secondary N) is 2. The molecular formula is C14H15F3N4OS. The third-order valence-corrected chi connectivity index (χ3v) is 3.58. The minimum atomic E-state index is -4.59. The number of para-hydroxylation sites is 1. The Morgan fingerprint density at radius 1 is 1.22 bits per heavy atom. The predicted octanol–water partition coefficient (Wildman–Crippen LogP) is 3.37. The van der Waals surface area contributed by atoms with Crippen molar-refractivity contribution in [2.75, 3.05) is 30.0 Å². The molecule has 2 aromatic rings. The van der Waals surface area contributed by atoms with E-state index in [1.807, 2.05) is 18.4 Å². The number of hydrogen-bond donors (Lipinski definition) is 3. The van der Waals surface area contributed by atoms with Crippen molar-refractivity contribution in [1.82, 2.24) is 9.97 Å². The fourth-order valence-electron chi connectivity index (χ4n) is 1.79. The Labute approximate surface area is 135 Å². The number of nitrogens with zero attached hydrogens (tertiary/aromatic N) is 2. The van der Waals surface area contributed by atoms with Crippen molar-refractivity contribution >= 4 is 29.2 Å². The largest absolute Gasteiger partial charge is 0.433 e. The molecule has 0 aliphatic rings. The number of aromatic nitrogens is 2. The summed E-state index contributed by atoms with van der Waals surface area (Å²) in [6.45, 7) is -0.181. The Hall–Kier alpha value is -2.00. The number of anilines is 3. The number of aliphatic hydroxyl groups is 1. The van der Waals surface area contributed by atoms with Crippen molar-refractivity contribution in [3.8, 4) is 0 Å². The Bertz CT molecular complexity index is 667. The maximum absolute atomic E-state index is 13.0. The molecule has 0 amide bonds. The van der Waals surface area contributed by atoms with Gasteiger partial charge >= 0.3 is 6.18 Å². The van der Waals surface area contributed by atoms with Gasteiger partial charge in [0.1, 0.15) is 5.82 Å². The topological polar surface area (TPSA) is 70.1 Å². The molecule has 0 unspecified atom stereocenters. The molecule has 1 heterocycles. The van der Waals surface area contributed by atoms with Crippen LogP contribution in [0.25, 0.3) is 0 Å². The Kier molecular flexibility index (Phi) is 5.67. The molecule has 2 rings (SSSR count). The summed E-state index contributed by atoms with van der Waals surface area (Å²) in [6, 6.07) is 8.07. The van der Waals surface area contributed by atoms with E-state index in [0.29, 0.717) is 5.69 Å². The van der Waals surface area contributed by atoms with E-state index in [1.54, 1.807) is 12.1 Å². The van der Waals surface area contributed by atoms with Crippen molar-refractivity contribution in [2.24, 2.45) is 0 Å². The fourth-order valence-corrected chi connectivity index (χ4v) is 2.34. The van der Waals surface area contributed by atoms with Gasteiger partial charge in [-0.3, -0.25) is 0 Å². The standard InChI is InChI=1S/C14H15F3N4OS/c1-23-10-5-3-2-4-9(10)19-12-8-11(14(15,16)17)20-13(21-12)18-6-7-22/h2-5,8,22H,6-7H2,1H3,(H2,18,19,20,21). The highest BCUT2D eigenvalue weighted by atomic mass is 32.2. The second kappa shape index (κ2) is 7.51. The van der Waals surface area contributed by atoms with Crippen LogP contribution in [0, 0.1) is 0 Å². The summed E-state index contributed by atoms with van der Waals surface area (Å²) in [5.41, 5.74) is -0.406. The molecular weight excluding hydrogens is 329 g/mol. The normalized spacial score (nSPS) is 11.3. The van der Waals surface area contributed by atoms with E-state index in [-0.39, 0.29) is 24.9 Å². The summed E-state index contributed by atoms with van der Waals surface area (Å²) in [4.78, 5) is 8.30. The summed E-state index contributed by atoms with van der Waals surface area (Å²) >= 11 is 1.47. The molecule has 23 heavy (non-hydrogen) atoms. The van der Waals surface area contributed by atoms with Gasteiger partial charge in [-0.2, -0.15) is 18.2 Å². The average molecular weight is 344 g/mol. The van der Waals surface area contributed by atoms with Gasteiger partial charge in [-0.25, -0.2) is 4.98 Å². The predicted molar refractivity (Wildman–Crippen MR) is 84.1 cm³/mol. The van der Waals surface area contributed by atoms with Crippen LogP contribution in [0.5, 0.6) is 0 Å². The molecule has 0 saturated heterocycles. The number of thioether (sulfide) groups is 1. The van der Waals surface area contributed by atoms with Gasteiger partial charge in [0.05, 0.1) is 12.3 Å². The number of rotatable bonds is 6. The summed E-state index contributed by atoms with van der Waals surface area (Å²) in [5, 5.41) is 14.2. The van der Waals surface area contributed by atoms with E-state index in [4.69, 9.17) is 5.11 Å². The maximum Gasteiger partial charge on any atom is 0.433 e. The van der Waals surface area contributed by atoms with E-state index >= 15 is 0 Å². The first-order chi connectivity index (χ1) is 10.9. The molecule has 1 aromatic heterocycles. The van der Waals surface area contributed by atoms with Crippen molar-refractivity contribution in [1.29, 1.82) is 0 Å². The van der Waals surface area contributed by atoms with Gasteiger partial charge < -0.3 is 15.7 Å². The maximum atomic E-state index is 13.0. The summed E-state index contributed by atoms with van der Waals surface area (Å²) in [7, 11) is 0. The van der Waals surface area contributed by atoms with Gasteiger partial charge in [-0.15, -0.1) is 11.8 Å². The van der Waals surface area contributed by atoms with Crippen LogP contribution in [0.2, 0.25) is 0 Å². The second-order valence-corrected chi connectivity index (χ2v) is 5.28. The molecule has 0 aliphatic carbocycles. The molecule has 0 radical (unpaired) electrons. The molecule has 0 atom stereocenters. The number of alkyl halides is 3. The molecule has 9 heteroatoms. The van der Waals surface area contributed by atoms with Crippen LogP contribution >= 0.6 is 11.8 Å². The van der Waals surface area contributed by atoms with Gasteiger partial charge in [0.15, 0.2) is 5.69 Å². The molecule has 124 valence electrons. The number of hydrogen-bond acceptors (Lipinski definition) is 6. The molecule has 1 aromatic carbocycles. The lowest BCUT2D eigenvalue weighted by atomic mass is 10.3. The van der Waals surface area contributed by atoms with Crippen molar-refractivity contribution in [2.45, 2.75) is 11.1 Å². The Morgan fingerprint density at radius 2 is 1.96 bits per heavy atom. The van der Waals surface area contributed by atoms with Gasteiger partial charge in [0, 0.05) is 17.5 Å². The average Bonchev–Trinajstić information content (AvgIpc) is 2.52. The summed E-state index contributed by atoms with van der Waals surface area (Å²) in [5.74, 6) is -0.174. The Balaban J connectivity index is 2.36. The smallest absolute Gasteiger partial charge is 0.395 e. The van der Waals surface area contributed by atoms with E-state index in [1.165, 1.54) is 11.8 Å². The SMILES string of the molecule is CSc1ccccc1Nc1cc(C(F)(F)F)nc(NCCO)n1. The van der Waals surface area contributed by atoms with E-state index < -0.39 is 11.9 Å². The zero-order valence-corrected chi connectivity index (χ0v) is 13.0. The lowest BCUT2D eigenvalue weighted by Crippen LogP contribution is -2.15. The lowest BCUT2D eigenvalue weighted by molar-refractivity contribution is -0.141. The zero-order chi connectivity index (χ0) is 16.9. The highest BCUT2D eigenvalue weighted by Crippen LogP contribution is 2.32. The quantitative estimate of drug-likeness (QED) is 0.698. The van der Waals surface area contributed by atoms with Gasteiger partial charge in [-0.05, 0) is 18.4 Å². The molecule has 0 spiro atoms. The zero-order valence-electron chi connectivity index (χ0n) is 12.2. The van der Waals surface area contributed by atoms with Crippen molar-refractivity contribution in [3.05, 3.63) is 36.0 Å². The van der Waals surface area contributed by atoms with E-state index in [9.17, 15) is 13.2 Å². The fraction of sp³-hybridized carbons (Fsp3) is 0.286. The number of benzene rings is 1. The number of aliphatic hydroxyl groups excluding tert-OH is 1. The van der Waals surface area contributed by atoms with Crippen LogP contribution in [-0.4, -0.2) is 34.5 Å². The van der Waals surface area contributed by atoms with Crippen LogP contribution in [0.15, 0.2) is 35.2 Å². The van der Waals surface area contributed by atoms with Gasteiger partial charge in [0.25, 0.3) is 0 Å². The molecule has 5 nitrogen and oxygen atoms in total. The minimum Gasteiger partial charge on any atom is -0.395 e. The lowest BCUT2D eigenvalue weighted by Gasteiger charge is -2.14. The van der Waals surface area contributed by atoms with E-state index in [2.05, 4.69) is 20.6 Å². The van der Waals surface area contributed by atoms with Crippen LogP contribution in [0.1, 0.15) is 5.69 Å². The molecule has 0 bridgehead atoms.